The summed E-state index contributed by atoms with van der Waals surface area (Å²) in [6.07, 6.45) is 14.3. The van der Waals surface area contributed by atoms with Gasteiger partial charge in [0.15, 0.2) is 0 Å². The molecular weight excluding hydrogens is 192 g/mol. The molecule has 0 spiro atoms. The van der Waals surface area contributed by atoms with Crippen LogP contribution in [-0.2, 0) is 4.74 Å². The highest BCUT2D eigenvalue weighted by molar-refractivity contribution is 8.00. The summed E-state index contributed by atoms with van der Waals surface area (Å²) in [6.45, 7) is 3.00. The van der Waals surface area contributed by atoms with Crippen LogP contribution in [0.25, 0.3) is 0 Å². The molecule has 1 aliphatic heterocycles. The molecule has 0 saturated carbocycles. The van der Waals surface area contributed by atoms with Crippen molar-refractivity contribution in [2.24, 2.45) is 0 Å². The van der Waals surface area contributed by atoms with Crippen molar-refractivity contribution < 1.29 is 4.74 Å². The second-order valence-electron chi connectivity index (χ2n) is 3.88. The first-order chi connectivity index (χ1) is 6.83. The standard InChI is InChI=1S/C12H22OS/c1-3-9-12(14-2)10-7-5-4-6-8-11-13-12/h3,9H,4-8,10-11H2,1-2H3/b9-3-. The molecule has 1 saturated heterocycles. The van der Waals surface area contributed by atoms with Crippen LogP contribution in [0.5, 0.6) is 0 Å². The number of allylic oxidation sites excluding steroid dienone is 1. The van der Waals surface area contributed by atoms with Crippen molar-refractivity contribution in [3.63, 3.8) is 0 Å². The van der Waals surface area contributed by atoms with Crippen molar-refractivity contribution >= 4 is 11.8 Å². The molecule has 0 aromatic rings. The Morgan fingerprint density at radius 3 is 2.57 bits per heavy atom. The van der Waals surface area contributed by atoms with Crippen molar-refractivity contribution in [3.05, 3.63) is 12.2 Å². The third-order valence-corrected chi connectivity index (χ3v) is 3.93. The van der Waals surface area contributed by atoms with Gasteiger partial charge in [-0.15, -0.1) is 11.8 Å². The van der Waals surface area contributed by atoms with E-state index >= 15 is 0 Å². The SMILES string of the molecule is C/C=C\C1(SC)CCCCCCCO1. The minimum Gasteiger partial charge on any atom is -0.361 e. The van der Waals surface area contributed by atoms with Gasteiger partial charge in [0.25, 0.3) is 0 Å². The molecule has 2 heteroatoms. The van der Waals surface area contributed by atoms with E-state index in [4.69, 9.17) is 4.74 Å². The molecule has 0 amide bonds. The Bertz CT molecular complexity index is 167. The lowest BCUT2D eigenvalue weighted by Crippen LogP contribution is -2.26. The van der Waals surface area contributed by atoms with Crippen molar-refractivity contribution in [2.75, 3.05) is 12.9 Å². The predicted molar refractivity (Wildman–Crippen MR) is 64.7 cm³/mol. The quantitative estimate of drug-likeness (QED) is 0.643. The zero-order valence-electron chi connectivity index (χ0n) is 9.42. The van der Waals surface area contributed by atoms with Gasteiger partial charge < -0.3 is 4.74 Å². The molecule has 82 valence electrons. The van der Waals surface area contributed by atoms with Crippen LogP contribution in [0.1, 0.15) is 45.4 Å². The summed E-state index contributed by atoms with van der Waals surface area (Å²) in [5.74, 6) is 0. The van der Waals surface area contributed by atoms with Crippen molar-refractivity contribution in [2.45, 2.75) is 50.4 Å². The van der Waals surface area contributed by atoms with Gasteiger partial charge in [-0.2, -0.15) is 0 Å². The van der Waals surface area contributed by atoms with Gasteiger partial charge in [0.1, 0.15) is 4.93 Å². The van der Waals surface area contributed by atoms with Gasteiger partial charge in [-0.05, 0) is 38.5 Å². The number of hydrogen-bond acceptors (Lipinski definition) is 2. The average Bonchev–Trinajstić information content (AvgIpc) is 2.31. The minimum absolute atomic E-state index is 0.0287. The maximum atomic E-state index is 6.02. The molecule has 0 aromatic carbocycles. The molecule has 14 heavy (non-hydrogen) atoms. The lowest BCUT2D eigenvalue weighted by molar-refractivity contribution is 0.0534. The molecule has 0 N–H and O–H groups in total. The molecule has 1 heterocycles. The summed E-state index contributed by atoms with van der Waals surface area (Å²) in [6, 6.07) is 0. The van der Waals surface area contributed by atoms with Crippen LogP contribution in [0, 0.1) is 0 Å². The maximum absolute atomic E-state index is 6.02. The Morgan fingerprint density at radius 2 is 1.86 bits per heavy atom. The van der Waals surface area contributed by atoms with Crippen LogP contribution in [0.2, 0.25) is 0 Å². The van der Waals surface area contributed by atoms with E-state index in [2.05, 4.69) is 25.3 Å². The molecule has 0 aliphatic carbocycles. The Labute approximate surface area is 92.3 Å². The summed E-state index contributed by atoms with van der Waals surface area (Å²) in [5.41, 5.74) is 0. The van der Waals surface area contributed by atoms with Crippen LogP contribution < -0.4 is 0 Å². The first-order valence-corrected chi connectivity index (χ1v) is 6.88. The van der Waals surface area contributed by atoms with E-state index in [1.54, 1.807) is 0 Å². The zero-order valence-corrected chi connectivity index (χ0v) is 10.2. The molecule has 1 atom stereocenters. The Kier molecular flexibility index (Phi) is 5.64. The van der Waals surface area contributed by atoms with Gasteiger partial charge >= 0.3 is 0 Å². The summed E-state index contributed by atoms with van der Waals surface area (Å²) in [4.78, 5) is -0.0287. The third-order valence-electron chi connectivity index (χ3n) is 2.78. The molecule has 1 unspecified atom stereocenters. The average molecular weight is 214 g/mol. The largest absolute Gasteiger partial charge is 0.361 e. The van der Waals surface area contributed by atoms with Crippen LogP contribution in [0.15, 0.2) is 12.2 Å². The summed E-state index contributed by atoms with van der Waals surface area (Å²) >= 11 is 1.84. The highest BCUT2D eigenvalue weighted by Gasteiger charge is 2.26. The summed E-state index contributed by atoms with van der Waals surface area (Å²) in [5, 5.41) is 0. The molecule has 1 aliphatic rings. The van der Waals surface area contributed by atoms with Gasteiger partial charge in [0.05, 0.1) is 0 Å². The lowest BCUT2D eigenvalue weighted by Gasteiger charge is -2.28. The topological polar surface area (TPSA) is 9.23 Å². The van der Waals surface area contributed by atoms with E-state index in [1.807, 2.05) is 11.8 Å². The second kappa shape index (κ2) is 6.52. The molecule has 1 fully saturated rings. The van der Waals surface area contributed by atoms with Gasteiger partial charge in [0, 0.05) is 6.61 Å². The smallest absolute Gasteiger partial charge is 0.132 e. The number of hydrogen-bond donors (Lipinski definition) is 0. The third kappa shape index (κ3) is 3.66. The maximum Gasteiger partial charge on any atom is 0.132 e. The first-order valence-electron chi connectivity index (χ1n) is 5.66. The van der Waals surface area contributed by atoms with Crippen LogP contribution >= 0.6 is 11.8 Å². The summed E-state index contributed by atoms with van der Waals surface area (Å²) < 4.78 is 6.02. The van der Waals surface area contributed by atoms with E-state index in [-0.39, 0.29) is 4.93 Å². The van der Waals surface area contributed by atoms with Gasteiger partial charge in [0.2, 0.25) is 0 Å². The fourth-order valence-electron chi connectivity index (χ4n) is 1.94. The molecule has 1 rings (SSSR count). The fourth-order valence-corrected chi connectivity index (χ4v) is 2.76. The van der Waals surface area contributed by atoms with Crippen molar-refractivity contribution in [1.29, 1.82) is 0 Å². The van der Waals surface area contributed by atoms with Crippen LogP contribution in [0.3, 0.4) is 0 Å². The van der Waals surface area contributed by atoms with Gasteiger partial charge in [-0.3, -0.25) is 0 Å². The highest BCUT2D eigenvalue weighted by Crippen LogP contribution is 2.33. The highest BCUT2D eigenvalue weighted by atomic mass is 32.2. The van der Waals surface area contributed by atoms with Crippen LogP contribution in [0.4, 0.5) is 0 Å². The normalized spacial score (nSPS) is 31.0. The van der Waals surface area contributed by atoms with E-state index in [9.17, 15) is 0 Å². The molecule has 0 aromatic heterocycles. The number of thioether (sulfide) groups is 1. The number of ether oxygens (including phenoxy) is 1. The zero-order chi connectivity index (χ0) is 10.3. The monoisotopic (exact) mass is 214 g/mol. The van der Waals surface area contributed by atoms with Gasteiger partial charge in [-0.1, -0.05) is 25.3 Å². The van der Waals surface area contributed by atoms with E-state index in [1.165, 1.54) is 38.5 Å². The molecular formula is C12H22OS. The molecule has 0 bridgehead atoms. The Balaban J connectivity index is 2.58. The van der Waals surface area contributed by atoms with Crippen molar-refractivity contribution in [1.82, 2.24) is 0 Å². The van der Waals surface area contributed by atoms with Crippen LogP contribution in [-0.4, -0.2) is 17.8 Å². The van der Waals surface area contributed by atoms with E-state index < -0.39 is 0 Å². The molecule has 0 radical (unpaired) electrons. The fraction of sp³-hybridized carbons (Fsp3) is 0.833. The second-order valence-corrected chi connectivity index (χ2v) is 4.98. The van der Waals surface area contributed by atoms with E-state index in [0.717, 1.165) is 6.61 Å². The lowest BCUT2D eigenvalue weighted by atomic mass is 10.1. The van der Waals surface area contributed by atoms with E-state index in [0.29, 0.717) is 0 Å². The minimum atomic E-state index is -0.0287. The predicted octanol–water partition coefficient (Wildman–Crippen LogP) is 3.99. The Morgan fingerprint density at radius 1 is 1.14 bits per heavy atom. The first kappa shape index (κ1) is 12.1. The molecule has 1 nitrogen and oxygen atoms in total. The number of rotatable bonds is 2. The van der Waals surface area contributed by atoms with Gasteiger partial charge in [-0.25, -0.2) is 0 Å². The van der Waals surface area contributed by atoms with Crippen molar-refractivity contribution in [3.8, 4) is 0 Å². The summed E-state index contributed by atoms with van der Waals surface area (Å²) in [7, 11) is 0. The Hall–Kier alpha value is 0.0500.